The second kappa shape index (κ2) is 5.07. The molecule has 1 atom stereocenters. The molecule has 0 aliphatic carbocycles. The van der Waals surface area contributed by atoms with Gasteiger partial charge in [-0.2, -0.15) is 0 Å². The van der Waals surface area contributed by atoms with Crippen molar-refractivity contribution in [2.24, 2.45) is 0 Å². The number of hydrogen-bond donors (Lipinski definition) is 0. The molecule has 0 saturated carbocycles. The highest BCUT2D eigenvalue weighted by molar-refractivity contribution is 9.09. The van der Waals surface area contributed by atoms with Gasteiger partial charge >= 0.3 is 0 Å². The Morgan fingerprint density at radius 2 is 2.27 bits per heavy atom. The first-order valence-corrected chi connectivity index (χ1v) is 7.43. The molecule has 1 aromatic heterocycles. The van der Waals surface area contributed by atoms with Crippen LogP contribution < -0.4 is 0 Å². The molecule has 0 aliphatic rings. The fraction of sp³-hybridized carbons (Fsp3) is 0.750. The maximum atomic E-state index is 11.2. The molecule has 15 heavy (non-hydrogen) atoms. The van der Waals surface area contributed by atoms with Crippen LogP contribution in [0.25, 0.3) is 0 Å². The van der Waals surface area contributed by atoms with Crippen molar-refractivity contribution in [3.05, 3.63) is 11.9 Å². The minimum Gasteiger partial charge on any atom is -0.251 e. The SMILES string of the molecule is CCS(=O)(=O)CCn1cc(C(C)Br)nn1. The topological polar surface area (TPSA) is 64.8 Å². The van der Waals surface area contributed by atoms with Crippen molar-refractivity contribution >= 4 is 25.8 Å². The smallest absolute Gasteiger partial charge is 0.151 e. The first-order chi connectivity index (χ1) is 6.94. The molecule has 0 aromatic carbocycles. The molecule has 86 valence electrons. The maximum absolute atomic E-state index is 11.2. The summed E-state index contributed by atoms with van der Waals surface area (Å²) in [6.07, 6.45) is 1.75. The van der Waals surface area contributed by atoms with Crippen LogP contribution in [0.4, 0.5) is 0 Å². The molecule has 0 aliphatic heterocycles. The van der Waals surface area contributed by atoms with Gasteiger partial charge in [-0.3, -0.25) is 4.68 Å². The highest BCUT2D eigenvalue weighted by Gasteiger charge is 2.10. The Bertz CT molecular complexity index is 413. The first kappa shape index (κ1) is 12.6. The molecule has 1 unspecified atom stereocenters. The summed E-state index contributed by atoms with van der Waals surface area (Å²) in [5.41, 5.74) is 0.809. The number of aromatic nitrogens is 3. The van der Waals surface area contributed by atoms with Crippen LogP contribution in [-0.2, 0) is 16.4 Å². The molecular weight excluding hydrogens is 282 g/mol. The molecule has 0 spiro atoms. The molecule has 0 bridgehead atoms. The third-order valence-electron chi connectivity index (χ3n) is 2.04. The first-order valence-electron chi connectivity index (χ1n) is 4.69. The van der Waals surface area contributed by atoms with E-state index in [1.807, 2.05) is 6.92 Å². The third-order valence-corrected chi connectivity index (χ3v) is 4.19. The van der Waals surface area contributed by atoms with E-state index in [1.54, 1.807) is 17.8 Å². The van der Waals surface area contributed by atoms with E-state index in [9.17, 15) is 8.42 Å². The van der Waals surface area contributed by atoms with E-state index in [0.717, 1.165) is 5.69 Å². The highest BCUT2D eigenvalue weighted by Crippen LogP contribution is 2.17. The molecule has 7 heteroatoms. The molecule has 0 N–H and O–H groups in total. The van der Waals surface area contributed by atoms with Crippen molar-refractivity contribution < 1.29 is 8.42 Å². The molecule has 0 fully saturated rings. The Morgan fingerprint density at radius 3 is 2.73 bits per heavy atom. The van der Waals surface area contributed by atoms with Crippen LogP contribution in [0.2, 0.25) is 0 Å². The second-order valence-corrected chi connectivity index (χ2v) is 7.11. The van der Waals surface area contributed by atoms with Crippen LogP contribution in [0.3, 0.4) is 0 Å². The Kier molecular flexibility index (Phi) is 4.27. The molecule has 1 aromatic rings. The van der Waals surface area contributed by atoms with Crippen LogP contribution in [0.1, 0.15) is 24.4 Å². The van der Waals surface area contributed by atoms with Crippen LogP contribution in [0.5, 0.6) is 0 Å². The zero-order chi connectivity index (χ0) is 11.5. The summed E-state index contributed by atoms with van der Waals surface area (Å²) in [6.45, 7) is 3.95. The van der Waals surface area contributed by atoms with E-state index < -0.39 is 9.84 Å². The molecule has 5 nitrogen and oxygen atoms in total. The van der Waals surface area contributed by atoms with Gasteiger partial charge in [-0.1, -0.05) is 28.1 Å². The predicted molar refractivity (Wildman–Crippen MR) is 61.7 cm³/mol. The van der Waals surface area contributed by atoms with E-state index in [0.29, 0.717) is 6.54 Å². The Balaban J connectivity index is 2.59. The van der Waals surface area contributed by atoms with Crippen LogP contribution >= 0.6 is 15.9 Å². The predicted octanol–water partition coefficient (Wildman–Crippen LogP) is 1.17. The molecule has 0 saturated heterocycles. The lowest BCUT2D eigenvalue weighted by Gasteiger charge is -2.00. The fourth-order valence-electron chi connectivity index (χ4n) is 0.982. The average Bonchev–Trinajstić information content (AvgIpc) is 2.63. The minimum absolute atomic E-state index is 0.114. The van der Waals surface area contributed by atoms with Gasteiger partial charge in [0.2, 0.25) is 0 Å². The molecule has 0 radical (unpaired) electrons. The Morgan fingerprint density at radius 1 is 1.60 bits per heavy atom. The zero-order valence-electron chi connectivity index (χ0n) is 8.72. The lowest BCUT2D eigenvalue weighted by atomic mass is 10.4. The van der Waals surface area contributed by atoms with E-state index in [1.165, 1.54) is 0 Å². The van der Waals surface area contributed by atoms with Gasteiger partial charge in [0, 0.05) is 11.9 Å². The lowest BCUT2D eigenvalue weighted by Crippen LogP contribution is -2.14. The van der Waals surface area contributed by atoms with Crippen LogP contribution in [0, 0.1) is 0 Å². The standard InChI is InChI=1S/C8H14BrN3O2S/c1-3-15(13,14)5-4-12-6-8(7(2)9)10-11-12/h6-7H,3-5H2,1-2H3. The van der Waals surface area contributed by atoms with Crippen molar-refractivity contribution in [3.8, 4) is 0 Å². The average molecular weight is 296 g/mol. The summed E-state index contributed by atoms with van der Waals surface area (Å²) >= 11 is 3.37. The normalized spacial score (nSPS) is 14.1. The zero-order valence-corrected chi connectivity index (χ0v) is 11.1. The minimum atomic E-state index is -2.93. The lowest BCUT2D eigenvalue weighted by molar-refractivity contribution is 0.576. The summed E-state index contributed by atoms with van der Waals surface area (Å²) in [5.74, 6) is 0.284. The van der Waals surface area contributed by atoms with Gasteiger partial charge in [0.05, 0.1) is 22.8 Å². The quantitative estimate of drug-likeness (QED) is 0.765. The number of hydrogen-bond acceptors (Lipinski definition) is 4. The fourth-order valence-corrected chi connectivity index (χ4v) is 1.95. The number of halogens is 1. The van der Waals surface area contributed by atoms with Gasteiger partial charge in [0.15, 0.2) is 9.84 Å². The van der Waals surface area contributed by atoms with Crippen molar-refractivity contribution in [2.45, 2.75) is 25.2 Å². The number of rotatable bonds is 5. The summed E-state index contributed by atoms with van der Waals surface area (Å²) in [5, 5.41) is 7.76. The summed E-state index contributed by atoms with van der Waals surface area (Å²) in [7, 11) is -2.93. The third kappa shape index (κ3) is 3.90. The largest absolute Gasteiger partial charge is 0.251 e. The number of alkyl halides is 1. The van der Waals surface area contributed by atoms with Crippen molar-refractivity contribution in [1.82, 2.24) is 15.0 Å². The van der Waals surface area contributed by atoms with E-state index in [4.69, 9.17) is 0 Å². The second-order valence-electron chi connectivity index (χ2n) is 3.26. The molecular formula is C8H14BrN3O2S. The maximum Gasteiger partial charge on any atom is 0.151 e. The van der Waals surface area contributed by atoms with Crippen LogP contribution in [0.15, 0.2) is 6.20 Å². The molecule has 1 rings (SSSR count). The van der Waals surface area contributed by atoms with Gasteiger partial charge in [-0.05, 0) is 6.92 Å². The number of aryl methyl sites for hydroxylation is 1. The van der Waals surface area contributed by atoms with Crippen LogP contribution in [-0.4, -0.2) is 34.9 Å². The monoisotopic (exact) mass is 295 g/mol. The molecule has 0 amide bonds. The Hall–Kier alpha value is -0.430. The van der Waals surface area contributed by atoms with Crippen molar-refractivity contribution in [2.75, 3.05) is 11.5 Å². The van der Waals surface area contributed by atoms with Crippen molar-refractivity contribution in [3.63, 3.8) is 0 Å². The van der Waals surface area contributed by atoms with E-state index in [-0.39, 0.29) is 16.3 Å². The number of sulfone groups is 1. The van der Waals surface area contributed by atoms with Gasteiger partial charge < -0.3 is 0 Å². The molecule has 1 heterocycles. The Labute approximate surface area is 97.9 Å². The van der Waals surface area contributed by atoms with Gasteiger partial charge in [0.1, 0.15) is 0 Å². The highest BCUT2D eigenvalue weighted by atomic mass is 79.9. The van der Waals surface area contributed by atoms with Gasteiger partial charge in [-0.25, -0.2) is 8.42 Å². The van der Waals surface area contributed by atoms with E-state index >= 15 is 0 Å². The summed E-state index contributed by atoms with van der Waals surface area (Å²) in [4.78, 5) is 0.133. The van der Waals surface area contributed by atoms with Gasteiger partial charge in [-0.15, -0.1) is 5.10 Å². The summed E-state index contributed by atoms with van der Waals surface area (Å²) < 4.78 is 24.0. The summed E-state index contributed by atoms with van der Waals surface area (Å²) in [6, 6.07) is 0. The van der Waals surface area contributed by atoms with Gasteiger partial charge in [0.25, 0.3) is 0 Å². The van der Waals surface area contributed by atoms with Crippen molar-refractivity contribution in [1.29, 1.82) is 0 Å². The number of nitrogens with zero attached hydrogens (tertiary/aromatic N) is 3. The van der Waals surface area contributed by atoms with E-state index in [2.05, 4.69) is 26.2 Å².